The molecule has 6 heteroatoms. The SMILES string of the molecule is CCOc1cc(-c2n[nH]c(-c3ccc(Cl)cc3)n2)ccc1O. The number of aromatic nitrogens is 3. The monoisotopic (exact) mass is 315 g/mol. The molecule has 0 saturated carbocycles. The van der Waals surface area contributed by atoms with E-state index >= 15 is 0 Å². The number of rotatable bonds is 4. The molecule has 0 bridgehead atoms. The number of phenolic OH excluding ortho intramolecular Hbond substituents is 1. The third-order valence-electron chi connectivity index (χ3n) is 3.12. The molecule has 0 fully saturated rings. The third kappa shape index (κ3) is 2.89. The summed E-state index contributed by atoms with van der Waals surface area (Å²) in [6, 6.07) is 12.4. The number of benzene rings is 2. The Hall–Kier alpha value is -2.53. The number of nitrogens with zero attached hydrogens (tertiary/aromatic N) is 2. The summed E-state index contributed by atoms with van der Waals surface area (Å²) >= 11 is 5.88. The van der Waals surface area contributed by atoms with E-state index in [-0.39, 0.29) is 5.75 Å². The number of aromatic amines is 1. The maximum Gasteiger partial charge on any atom is 0.181 e. The van der Waals surface area contributed by atoms with E-state index in [1.807, 2.05) is 19.1 Å². The van der Waals surface area contributed by atoms with Crippen LogP contribution in [0.3, 0.4) is 0 Å². The van der Waals surface area contributed by atoms with E-state index in [1.54, 1.807) is 30.3 Å². The zero-order chi connectivity index (χ0) is 15.5. The van der Waals surface area contributed by atoms with Crippen molar-refractivity contribution in [2.24, 2.45) is 0 Å². The van der Waals surface area contributed by atoms with Crippen LogP contribution < -0.4 is 4.74 Å². The average molecular weight is 316 g/mol. The van der Waals surface area contributed by atoms with E-state index in [1.165, 1.54) is 0 Å². The predicted molar refractivity (Wildman–Crippen MR) is 85.1 cm³/mol. The maximum atomic E-state index is 9.74. The van der Waals surface area contributed by atoms with E-state index in [4.69, 9.17) is 16.3 Å². The summed E-state index contributed by atoms with van der Waals surface area (Å²) in [5, 5.41) is 17.5. The fourth-order valence-corrected chi connectivity index (χ4v) is 2.18. The Labute approximate surface area is 132 Å². The molecule has 112 valence electrons. The molecule has 1 aromatic heterocycles. The lowest BCUT2D eigenvalue weighted by Gasteiger charge is -2.06. The highest BCUT2D eigenvalue weighted by Crippen LogP contribution is 2.31. The molecule has 3 aromatic rings. The summed E-state index contributed by atoms with van der Waals surface area (Å²) in [5.74, 6) is 1.69. The summed E-state index contributed by atoms with van der Waals surface area (Å²) in [6.45, 7) is 2.33. The third-order valence-corrected chi connectivity index (χ3v) is 3.37. The molecule has 3 rings (SSSR count). The van der Waals surface area contributed by atoms with Gasteiger partial charge in [-0.1, -0.05) is 11.6 Å². The highest BCUT2D eigenvalue weighted by Gasteiger charge is 2.11. The molecule has 0 spiro atoms. The summed E-state index contributed by atoms with van der Waals surface area (Å²) in [5.41, 5.74) is 1.66. The molecule has 0 amide bonds. The Morgan fingerprint density at radius 2 is 1.86 bits per heavy atom. The molecule has 0 aliphatic carbocycles. The van der Waals surface area contributed by atoms with Crippen LogP contribution in [0.1, 0.15) is 6.92 Å². The summed E-state index contributed by atoms with van der Waals surface area (Å²) < 4.78 is 5.37. The van der Waals surface area contributed by atoms with Gasteiger partial charge in [0.15, 0.2) is 23.1 Å². The van der Waals surface area contributed by atoms with Crippen molar-refractivity contribution in [3.8, 4) is 34.3 Å². The van der Waals surface area contributed by atoms with E-state index in [9.17, 15) is 5.11 Å². The summed E-state index contributed by atoms with van der Waals surface area (Å²) in [4.78, 5) is 4.46. The second-order valence-electron chi connectivity index (χ2n) is 4.63. The van der Waals surface area contributed by atoms with Crippen LogP contribution in [-0.4, -0.2) is 26.9 Å². The van der Waals surface area contributed by atoms with Gasteiger partial charge in [0.2, 0.25) is 0 Å². The minimum atomic E-state index is 0.0964. The lowest BCUT2D eigenvalue weighted by atomic mass is 10.2. The van der Waals surface area contributed by atoms with Crippen LogP contribution in [0.25, 0.3) is 22.8 Å². The van der Waals surface area contributed by atoms with Crippen LogP contribution in [0, 0.1) is 0 Å². The number of halogens is 1. The fourth-order valence-electron chi connectivity index (χ4n) is 2.05. The minimum Gasteiger partial charge on any atom is -0.504 e. The van der Waals surface area contributed by atoms with Crippen molar-refractivity contribution in [2.75, 3.05) is 6.61 Å². The number of phenols is 1. The first-order valence-corrected chi connectivity index (χ1v) is 7.19. The highest BCUT2D eigenvalue weighted by molar-refractivity contribution is 6.30. The van der Waals surface area contributed by atoms with Gasteiger partial charge in [0.05, 0.1) is 6.61 Å². The van der Waals surface area contributed by atoms with E-state index in [0.29, 0.717) is 29.0 Å². The molecule has 22 heavy (non-hydrogen) atoms. The van der Waals surface area contributed by atoms with Gasteiger partial charge < -0.3 is 9.84 Å². The van der Waals surface area contributed by atoms with Crippen LogP contribution in [0.4, 0.5) is 0 Å². The normalized spacial score (nSPS) is 10.6. The molecule has 2 aromatic carbocycles. The Morgan fingerprint density at radius 3 is 2.59 bits per heavy atom. The first kappa shape index (κ1) is 14.4. The van der Waals surface area contributed by atoms with Crippen LogP contribution in [-0.2, 0) is 0 Å². The van der Waals surface area contributed by atoms with E-state index in [0.717, 1.165) is 11.1 Å². The number of aromatic hydroxyl groups is 1. The van der Waals surface area contributed by atoms with Crippen LogP contribution in [0.5, 0.6) is 11.5 Å². The first-order valence-electron chi connectivity index (χ1n) is 6.82. The van der Waals surface area contributed by atoms with Crippen molar-refractivity contribution in [3.05, 3.63) is 47.5 Å². The second-order valence-corrected chi connectivity index (χ2v) is 5.07. The highest BCUT2D eigenvalue weighted by atomic mass is 35.5. The summed E-state index contributed by atoms with van der Waals surface area (Å²) in [7, 11) is 0. The van der Waals surface area contributed by atoms with E-state index < -0.39 is 0 Å². The molecule has 0 unspecified atom stereocenters. The molecule has 0 saturated heterocycles. The van der Waals surface area contributed by atoms with Crippen molar-refractivity contribution in [3.63, 3.8) is 0 Å². The van der Waals surface area contributed by atoms with Gasteiger partial charge in [-0.2, -0.15) is 5.10 Å². The Kier molecular flexibility index (Phi) is 3.98. The van der Waals surface area contributed by atoms with Crippen LogP contribution >= 0.6 is 11.6 Å². The Morgan fingerprint density at radius 1 is 1.14 bits per heavy atom. The van der Waals surface area contributed by atoms with Gasteiger partial charge in [-0.05, 0) is 49.4 Å². The fraction of sp³-hybridized carbons (Fsp3) is 0.125. The Balaban J connectivity index is 1.93. The van der Waals surface area contributed by atoms with Crippen molar-refractivity contribution >= 4 is 11.6 Å². The standard InChI is InChI=1S/C16H14ClN3O2/c1-2-22-14-9-11(5-8-13(14)21)16-18-15(19-20-16)10-3-6-12(17)7-4-10/h3-9,21H,2H2,1H3,(H,18,19,20). The van der Waals surface area contributed by atoms with E-state index in [2.05, 4.69) is 15.2 Å². The summed E-state index contributed by atoms with van der Waals surface area (Å²) in [6.07, 6.45) is 0. The van der Waals surface area contributed by atoms with Gasteiger partial charge in [-0.3, -0.25) is 5.10 Å². The van der Waals surface area contributed by atoms with Gasteiger partial charge in [-0.15, -0.1) is 0 Å². The average Bonchev–Trinajstić information content (AvgIpc) is 3.00. The van der Waals surface area contributed by atoms with Gasteiger partial charge in [0.25, 0.3) is 0 Å². The second kappa shape index (κ2) is 6.07. The number of H-pyrrole nitrogens is 1. The van der Waals surface area contributed by atoms with Crippen LogP contribution in [0.2, 0.25) is 5.02 Å². The van der Waals surface area contributed by atoms with Gasteiger partial charge in [0, 0.05) is 16.1 Å². The lowest BCUT2D eigenvalue weighted by Crippen LogP contribution is -1.92. The number of nitrogens with one attached hydrogen (secondary N) is 1. The quantitative estimate of drug-likeness (QED) is 0.766. The maximum absolute atomic E-state index is 9.74. The number of ether oxygens (including phenoxy) is 1. The van der Waals surface area contributed by atoms with Crippen molar-refractivity contribution in [1.82, 2.24) is 15.2 Å². The Bertz CT molecular complexity index is 784. The smallest absolute Gasteiger partial charge is 0.181 e. The molecule has 0 atom stereocenters. The van der Waals surface area contributed by atoms with Crippen molar-refractivity contribution in [1.29, 1.82) is 0 Å². The molecule has 0 aliphatic heterocycles. The molecule has 5 nitrogen and oxygen atoms in total. The van der Waals surface area contributed by atoms with Gasteiger partial charge >= 0.3 is 0 Å². The largest absolute Gasteiger partial charge is 0.504 e. The first-order chi connectivity index (χ1) is 10.7. The number of hydrogen-bond donors (Lipinski definition) is 2. The van der Waals surface area contributed by atoms with Gasteiger partial charge in [0.1, 0.15) is 0 Å². The van der Waals surface area contributed by atoms with Crippen molar-refractivity contribution < 1.29 is 9.84 Å². The molecule has 1 heterocycles. The molecule has 2 N–H and O–H groups in total. The molecular formula is C16H14ClN3O2. The molecule has 0 aliphatic rings. The lowest BCUT2D eigenvalue weighted by molar-refractivity contribution is 0.318. The van der Waals surface area contributed by atoms with Crippen molar-refractivity contribution in [2.45, 2.75) is 6.92 Å². The minimum absolute atomic E-state index is 0.0964. The van der Waals surface area contributed by atoms with Crippen LogP contribution in [0.15, 0.2) is 42.5 Å². The molecular weight excluding hydrogens is 302 g/mol. The topological polar surface area (TPSA) is 71.0 Å². The zero-order valence-corrected chi connectivity index (χ0v) is 12.6. The molecule has 0 radical (unpaired) electrons. The number of hydrogen-bond acceptors (Lipinski definition) is 4. The predicted octanol–water partition coefficient (Wildman–Crippen LogP) is 3.90. The van der Waals surface area contributed by atoms with Gasteiger partial charge in [-0.25, -0.2) is 4.98 Å². The zero-order valence-electron chi connectivity index (χ0n) is 11.9.